The average molecular weight is 183 g/mol. The van der Waals surface area contributed by atoms with Gasteiger partial charge in [0, 0.05) is 5.56 Å². The van der Waals surface area contributed by atoms with Gasteiger partial charge < -0.3 is 0 Å². The summed E-state index contributed by atoms with van der Waals surface area (Å²) < 4.78 is 0. The van der Waals surface area contributed by atoms with E-state index in [-0.39, 0.29) is 5.12 Å². The molecule has 1 radical (unpaired) electrons. The molecule has 0 unspecified atom stereocenters. The van der Waals surface area contributed by atoms with Gasteiger partial charge in [-0.15, -0.1) is 0 Å². The fourth-order valence-electron chi connectivity index (χ4n) is 0.711. The van der Waals surface area contributed by atoms with Gasteiger partial charge in [-0.05, 0) is 0 Å². The van der Waals surface area contributed by atoms with E-state index < -0.39 is 0 Å². The highest BCUT2D eigenvalue weighted by atomic mass is 32.2. The summed E-state index contributed by atoms with van der Waals surface area (Å²) >= 11 is 5.83. The van der Waals surface area contributed by atoms with Gasteiger partial charge in [0.1, 0.15) is 0 Å². The topological polar surface area (TPSA) is 17.1 Å². The molecule has 1 nitrogen and oxygen atoms in total. The first-order chi connectivity index (χ1) is 5.34. The Bertz CT molecular complexity index is 233. The van der Waals surface area contributed by atoms with Crippen LogP contribution < -0.4 is 0 Å². The molecular formula is C8H7OS2. The molecule has 0 aromatic heterocycles. The molecule has 0 saturated heterocycles. The van der Waals surface area contributed by atoms with Crippen LogP contribution in [0.5, 0.6) is 0 Å². The summed E-state index contributed by atoms with van der Waals surface area (Å²) in [4.78, 5) is 11.1. The highest BCUT2D eigenvalue weighted by Gasteiger charge is 2.02. The summed E-state index contributed by atoms with van der Waals surface area (Å²) in [6, 6.07) is 9.16. The molecule has 0 atom stereocenters. The van der Waals surface area contributed by atoms with Crippen molar-refractivity contribution in [2.45, 2.75) is 0 Å². The molecule has 0 saturated carbocycles. The van der Waals surface area contributed by atoms with Crippen LogP contribution in [0.15, 0.2) is 30.3 Å². The predicted octanol–water partition coefficient (Wildman–Crippen LogP) is 2.72. The van der Waals surface area contributed by atoms with Crippen molar-refractivity contribution in [1.29, 1.82) is 0 Å². The molecule has 57 valence electrons. The zero-order valence-corrected chi connectivity index (χ0v) is 7.45. The lowest BCUT2D eigenvalue weighted by molar-refractivity contribution is 0.108. The zero-order valence-electron chi connectivity index (χ0n) is 5.82. The van der Waals surface area contributed by atoms with Crippen molar-refractivity contribution < 1.29 is 4.79 Å². The van der Waals surface area contributed by atoms with E-state index in [2.05, 4.69) is 12.6 Å². The summed E-state index contributed by atoms with van der Waals surface area (Å²) in [6.07, 6.45) is 0. The minimum Gasteiger partial charge on any atom is -0.282 e. The van der Waals surface area contributed by atoms with E-state index in [0.717, 1.165) is 17.3 Å². The van der Waals surface area contributed by atoms with Gasteiger partial charge in [-0.2, -0.15) is 0 Å². The van der Waals surface area contributed by atoms with Crippen LogP contribution in [0.4, 0.5) is 0 Å². The van der Waals surface area contributed by atoms with Gasteiger partial charge in [0.2, 0.25) is 5.12 Å². The smallest absolute Gasteiger partial charge is 0.220 e. The van der Waals surface area contributed by atoms with E-state index in [4.69, 9.17) is 0 Å². The number of hydrogen-bond donors (Lipinski definition) is 0. The van der Waals surface area contributed by atoms with Crippen LogP contribution in [-0.4, -0.2) is 10.2 Å². The molecule has 0 aliphatic rings. The Labute approximate surface area is 75.6 Å². The van der Waals surface area contributed by atoms with Gasteiger partial charge in [-0.3, -0.25) is 4.79 Å². The second-order valence-corrected chi connectivity index (χ2v) is 3.52. The van der Waals surface area contributed by atoms with Crippen LogP contribution in [0, 0.1) is 0 Å². The van der Waals surface area contributed by atoms with Crippen LogP contribution in [0.2, 0.25) is 0 Å². The summed E-state index contributed by atoms with van der Waals surface area (Å²) in [7, 11) is 0. The van der Waals surface area contributed by atoms with Gasteiger partial charge in [0.05, 0.1) is 5.08 Å². The van der Waals surface area contributed by atoms with Gasteiger partial charge in [-0.25, -0.2) is 0 Å². The second-order valence-electron chi connectivity index (χ2n) is 1.92. The number of benzene rings is 1. The first-order valence-electron chi connectivity index (χ1n) is 3.15. The molecule has 0 fully saturated rings. The fraction of sp³-hybridized carbons (Fsp3) is 0.125. The standard InChI is InChI=1S/C8H7OS2/c9-8(11-6-10)7-4-2-1-3-5-7/h1-5H,6H2. The van der Waals surface area contributed by atoms with Crippen LogP contribution >= 0.6 is 24.4 Å². The van der Waals surface area contributed by atoms with Crippen LogP contribution in [0.3, 0.4) is 0 Å². The van der Waals surface area contributed by atoms with Crippen LogP contribution in [-0.2, 0) is 0 Å². The molecule has 1 aromatic rings. The van der Waals surface area contributed by atoms with Crippen molar-refractivity contribution in [3.8, 4) is 0 Å². The maximum atomic E-state index is 11.1. The van der Waals surface area contributed by atoms with Gasteiger partial charge in [-0.1, -0.05) is 54.7 Å². The molecule has 0 aliphatic heterocycles. The van der Waals surface area contributed by atoms with Gasteiger partial charge in [0.15, 0.2) is 0 Å². The molecule has 11 heavy (non-hydrogen) atoms. The minimum absolute atomic E-state index is 0.0561. The van der Waals surface area contributed by atoms with Crippen molar-refractivity contribution in [3.63, 3.8) is 0 Å². The van der Waals surface area contributed by atoms with Crippen molar-refractivity contribution >= 4 is 29.5 Å². The predicted molar refractivity (Wildman–Crippen MR) is 50.8 cm³/mol. The Kier molecular flexibility index (Phi) is 3.52. The lowest BCUT2D eigenvalue weighted by Crippen LogP contribution is -1.91. The molecule has 1 rings (SSSR count). The molecule has 0 aliphatic carbocycles. The Hall–Kier alpha value is -0.410. The highest BCUT2D eigenvalue weighted by molar-refractivity contribution is 8.20. The molecule has 1 aromatic carbocycles. The number of thioether (sulfide) groups is 1. The number of rotatable bonds is 2. The Balaban J connectivity index is 2.69. The van der Waals surface area contributed by atoms with E-state index in [1.807, 2.05) is 18.2 Å². The normalized spacial score (nSPS) is 9.55. The molecule has 0 N–H and O–H groups in total. The SMILES string of the molecule is O=C(SC[S])c1ccccc1. The number of hydrogen-bond acceptors (Lipinski definition) is 2. The minimum atomic E-state index is 0.0561. The summed E-state index contributed by atoms with van der Waals surface area (Å²) in [5.74, 6) is 0. The fourth-order valence-corrected chi connectivity index (χ4v) is 1.44. The van der Waals surface area contributed by atoms with E-state index >= 15 is 0 Å². The molecule has 0 bridgehead atoms. The van der Waals surface area contributed by atoms with Crippen molar-refractivity contribution in [1.82, 2.24) is 0 Å². The van der Waals surface area contributed by atoms with Gasteiger partial charge in [0.25, 0.3) is 0 Å². The number of carbonyl (C=O) groups excluding carboxylic acids is 1. The average Bonchev–Trinajstić information content (AvgIpc) is 2.07. The van der Waals surface area contributed by atoms with Crippen LogP contribution in [0.25, 0.3) is 0 Å². The summed E-state index contributed by atoms with van der Waals surface area (Å²) in [5.41, 5.74) is 0.724. The first-order valence-corrected chi connectivity index (χ1v) is 4.71. The van der Waals surface area contributed by atoms with E-state index in [0.29, 0.717) is 5.08 Å². The highest BCUT2D eigenvalue weighted by Crippen LogP contribution is 2.12. The van der Waals surface area contributed by atoms with Gasteiger partial charge >= 0.3 is 0 Å². The largest absolute Gasteiger partial charge is 0.282 e. The van der Waals surface area contributed by atoms with E-state index in [9.17, 15) is 4.79 Å². The lowest BCUT2D eigenvalue weighted by atomic mass is 10.2. The maximum Gasteiger partial charge on any atom is 0.220 e. The summed E-state index contributed by atoms with van der Waals surface area (Å²) in [6.45, 7) is 0. The molecule has 0 heterocycles. The maximum absolute atomic E-state index is 11.1. The van der Waals surface area contributed by atoms with Crippen LogP contribution in [0.1, 0.15) is 10.4 Å². The number of carbonyl (C=O) groups is 1. The van der Waals surface area contributed by atoms with Crippen molar-refractivity contribution in [2.24, 2.45) is 0 Å². The third-order valence-electron chi connectivity index (χ3n) is 1.20. The van der Waals surface area contributed by atoms with Crippen molar-refractivity contribution in [2.75, 3.05) is 5.08 Å². The Morgan fingerprint density at radius 1 is 1.36 bits per heavy atom. The zero-order chi connectivity index (χ0) is 8.10. The monoisotopic (exact) mass is 183 g/mol. The first kappa shape index (κ1) is 8.68. The third-order valence-corrected chi connectivity index (χ3v) is 2.17. The Morgan fingerprint density at radius 2 is 2.00 bits per heavy atom. The molecule has 0 amide bonds. The lowest BCUT2D eigenvalue weighted by Gasteiger charge is -1.95. The Morgan fingerprint density at radius 3 is 2.55 bits per heavy atom. The molecule has 0 spiro atoms. The third kappa shape index (κ3) is 2.60. The second kappa shape index (κ2) is 4.46. The summed E-state index contributed by atoms with van der Waals surface area (Å²) in [5, 5.41) is 0.480. The van der Waals surface area contributed by atoms with E-state index in [1.54, 1.807) is 12.1 Å². The molecule has 3 heteroatoms. The quantitative estimate of drug-likeness (QED) is 0.701. The molecular weight excluding hydrogens is 176 g/mol. The van der Waals surface area contributed by atoms with E-state index in [1.165, 1.54) is 0 Å². The van der Waals surface area contributed by atoms with Crippen molar-refractivity contribution in [3.05, 3.63) is 35.9 Å².